The van der Waals surface area contributed by atoms with Crippen LogP contribution in [0.3, 0.4) is 0 Å². The Morgan fingerprint density at radius 2 is 1.32 bits per heavy atom. The highest BCUT2D eigenvalue weighted by atomic mass is 19.4. The summed E-state index contributed by atoms with van der Waals surface area (Å²) in [5.41, 5.74) is 0.616. The van der Waals surface area contributed by atoms with Crippen LogP contribution in [-0.4, -0.2) is 25.0 Å². The highest BCUT2D eigenvalue weighted by Gasteiger charge is 2.30. The van der Waals surface area contributed by atoms with Gasteiger partial charge in [-0.25, -0.2) is 8.78 Å². The first kappa shape index (κ1) is 18.7. The zero-order chi connectivity index (χ0) is 18.5. The number of rotatable bonds is 6. The number of halogens is 5. The number of hydrogen-bond acceptors (Lipinski definition) is 3. The van der Waals surface area contributed by atoms with Crippen molar-refractivity contribution in [1.82, 2.24) is 0 Å². The summed E-state index contributed by atoms with van der Waals surface area (Å²) in [6.45, 7) is 0.184. The molecule has 0 saturated heterocycles. The van der Waals surface area contributed by atoms with E-state index in [4.69, 9.17) is 4.74 Å². The number of ether oxygens (including phenoxy) is 2. The van der Waals surface area contributed by atoms with E-state index in [0.717, 1.165) is 19.1 Å². The molecule has 25 heavy (non-hydrogen) atoms. The van der Waals surface area contributed by atoms with Gasteiger partial charge in [-0.2, -0.15) is 0 Å². The van der Waals surface area contributed by atoms with E-state index in [1.165, 1.54) is 18.3 Å². The highest BCUT2D eigenvalue weighted by Crippen LogP contribution is 2.27. The summed E-state index contributed by atoms with van der Waals surface area (Å²) in [4.78, 5) is 3.64. The average molecular weight is 359 g/mol. The van der Waals surface area contributed by atoms with Gasteiger partial charge >= 0.3 is 6.36 Å². The van der Waals surface area contributed by atoms with E-state index in [9.17, 15) is 22.0 Å². The van der Waals surface area contributed by atoms with Gasteiger partial charge < -0.3 is 9.47 Å². The number of hydrogen-bond donors (Lipinski definition) is 0. The molecule has 8 heteroatoms. The number of benzene rings is 2. The molecule has 0 fully saturated rings. The summed E-state index contributed by atoms with van der Waals surface area (Å²) in [5, 5.41) is 0. The van der Waals surface area contributed by atoms with Crippen molar-refractivity contribution in [2.45, 2.75) is 19.2 Å². The first-order valence-corrected chi connectivity index (χ1v) is 7.12. The lowest BCUT2D eigenvalue weighted by atomic mass is 10.2. The Morgan fingerprint density at radius 3 is 1.80 bits per heavy atom. The molecule has 0 heterocycles. The topological polar surface area (TPSA) is 30.8 Å². The Kier molecular flexibility index (Phi) is 5.61. The van der Waals surface area contributed by atoms with E-state index >= 15 is 0 Å². The van der Waals surface area contributed by atoms with Crippen LogP contribution in [0.4, 0.5) is 22.0 Å². The summed E-state index contributed by atoms with van der Waals surface area (Å²) in [7, 11) is 0. The van der Waals surface area contributed by atoms with Gasteiger partial charge in [0, 0.05) is 13.1 Å². The van der Waals surface area contributed by atoms with Crippen molar-refractivity contribution in [3.8, 4) is 17.2 Å². The molecule has 0 amide bonds. The molecule has 2 rings (SSSR count). The molecule has 2 aromatic carbocycles. The van der Waals surface area contributed by atoms with Crippen LogP contribution in [0.5, 0.6) is 17.2 Å². The first-order valence-electron chi connectivity index (χ1n) is 7.12. The van der Waals surface area contributed by atoms with Crippen LogP contribution in [0.15, 0.2) is 53.5 Å². The van der Waals surface area contributed by atoms with Crippen LogP contribution in [0.1, 0.15) is 12.5 Å². The largest absolute Gasteiger partial charge is 0.573 e. The van der Waals surface area contributed by atoms with Crippen LogP contribution in [-0.2, 0) is 0 Å². The van der Waals surface area contributed by atoms with Gasteiger partial charge in [0.05, 0.1) is 0 Å². The second-order valence-electron chi connectivity index (χ2n) is 5.23. The monoisotopic (exact) mass is 359 g/mol. The van der Waals surface area contributed by atoms with Gasteiger partial charge in [0.2, 0.25) is 0 Å². The molecule has 0 radical (unpaired) electrons. The summed E-state index contributed by atoms with van der Waals surface area (Å²) >= 11 is 0. The molecule has 2 aromatic rings. The van der Waals surface area contributed by atoms with Crippen LogP contribution in [0.2, 0.25) is 0 Å². The Bertz CT molecular complexity index is 704. The smallest absolute Gasteiger partial charge is 0.457 e. The lowest BCUT2D eigenvalue weighted by Gasteiger charge is -2.10. The molecule has 0 atom stereocenters. The van der Waals surface area contributed by atoms with Crippen molar-refractivity contribution >= 4 is 6.21 Å². The molecule has 0 unspecified atom stereocenters. The van der Waals surface area contributed by atoms with Crippen LogP contribution < -0.4 is 9.47 Å². The number of aliphatic imine (C=N–C) groups is 1. The molecular weight excluding hydrogens is 345 g/mol. The third-order valence-electron chi connectivity index (χ3n) is 2.78. The third kappa shape index (κ3) is 7.19. The van der Waals surface area contributed by atoms with Gasteiger partial charge in [0.25, 0.3) is 5.92 Å². The second-order valence-corrected chi connectivity index (χ2v) is 5.23. The number of nitrogens with zero attached hydrogens (tertiary/aromatic N) is 1. The lowest BCUT2D eigenvalue weighted by molar-refractivity contribution is -0.274. The maximum Gasteiger partial charge on any atom is 0.573 e. The van der Waals surface area contributed by atoms with Crippen molar-refractivity contribution in [3.63, 3.8) is 0 Å². The van der Waals surface area contributed by atoms with Crippen LogP contribution in [0, 0.1) is 0 Å². The van der Waals surface area contributed by atoms with E-state index < -0.39 is 18.8 Å². The van der Waals surface area contributed by atoms with Crippen LogP contribution >= 0.6 is 0 Å². The molecule has 0 aliphatic heterocycles. The fourth-order valence-corrected chi connectivity index (χ4v) is 1.78. The van der Waals surface area contributed by atoms with Crippen molar-refractivity contribution in [2.24, 2.45) is 4.99 Å². The normalized spacial score (nSPS) is 12.4. The molecule has 0 aliphatic carbocycles. The Morgan fingerprint density at radius 1 is 0.840 bits per heavy atom. The lowest BCUT2D eigenvalue weighted by Crippen LogP contribution is -2.16. The Balaban J connectivity index is 1.95. The first-order chi connectivity index (χ1) is 11.6. The molecule has 3 nitrogen and oxygen atoms in total. The van der Waals surface area contributed by atoms with Crippen LogP contribution in [0.25, 0.3) is 0 Å². The summed E-state index contributed by atoms with van der Waals surface area (Å²) in [6, 6.07) is 11.3. The van der Waals surface area contributed by atoms with E-state index in [2.05, 4.69) is 9.73 Å². The minimum absolute atomic E-state index is 0.321. The zero-order valence-electron chi connectivity index (χ0n) is 13.1. The van der Waals surface area contributed by atoms with Gasteiger partial charge in [-0.1, -0.05) is 0 Å². The molecule has 0 aromatic heterocycles. The Hall–Kier alpha value is -2.64. The SMILES string of the molecule is CC(F)(F)C/N=C/c1ccc(Oc2ccc(OC(F)(F)F)cc2)cc1. The predicted molar refractivity (Wildman–Crippen MR) is 82.7 cm³/mol. The van der Waals surface area contributed by atoms with Gasteiger partial charge in [-0.3, -0.25) is 4.99 Å². The summed E-state index contributed by atoms with van der Waals surface area (Å²) < 4.78 is 70.8. The second kappa shape index (κ2) is 7.50. The van der Waals surface area contributed by atoms with Crippen molar-refractivity contribution in [3.05, 3.63) is 54.1 Å². The van der Waals surface area contributed by atoms with E-state index in [-0.39, 0.29) is 5.75 Å². The standard InChI is InChI=1S/C17H14F5NO2/c1-16(18,19)11-23-10-12-2-4-13(5-3-12)24-14-6-8-15(9-7-14)25-17(20,21)22/h2-10H,11H2,1H3/b23-10+. The fourth-order valence-electron chi connectivity index (χ4n) is 1.78. The van der Waals surface area contributed by atoms with Crippen molar-refractivity contribution < 1.29 is 31.4 Å². The molecule has 0 N–H and O–H groups in total. The van der Waals surface area contributed by atoms with Crippen molar-refractivity contribution in [2.75, 3.05) is 6.54 Å². The van der Waals surface area contributed by atoms with Crippen molar-refractivity contribution in [1.29, 1.82) is 0 Å². The average Bonchev–Trinajstić information content (AvgIpc) is 2.48. The minimum atomic E-state index is -4.75. The molecule has 0 saturated carbocycles. The molecule has 0 aliphatic rings. The van der Waals surface area contributed by atoms with E-state index in [1.807, 2.05) is 0 Å². The van der Waals surface area contributed by atoms with Gasteiger partial charge in [0.1, 0.15) is 23.8 Å². The zero-order valence-corrected chi connectivity index (χ0v) is 13.1. The van der Waals surface area contributed by atoms with Gasteiger partial charge in [0.15, 0.2) is 0 Å². The quantitative estimate of drug-likeness (QED) is 0.507. The summed E-state index contributed by atoms with van der Waals surface area (Å²) in [6.07, 6.45) is -3.42. The maximum atomic E-state index is 12.6. The fraction of sp³-hybridized carbons (Fsp3) is 0.235. The summed E-state index contributed by atoms with van der Waals surface area (Å²) in [5.74, 6) is -2.45. The minimum Gasteiger partial charge on any atom is -0.457 e. The molecule has 134 valence electrons. The van der Waals surface area contributed by atoms with E-state index in [0.29, 0.717) is 17.1 Å². The molecule has 0 spiro atoms. The maximum absolute atomic E-state index is 12.6. The highest BCUT2D eigenvalue weighted by molar-refractivity contribution is 5.79. The van der Waals surface area contributed by atoms with Gasteiger partial charge in [-0.05, 0) is 54.1 Å². The van der Waals surface area contributed by atoms with Gasteiger partial charge in [-0.15, -0.1) is 13.2 Å². The molecular formula is C17H14F5NO2. The third-order valence-corrected chi connectivity index (χ3v) is 2.78. The van der Waals surface area contributed by atoms with E-state index in [1.54, 1.807) is 24.3 Å². The molecule has 0 bridgehead atoms. The Labute approximate surface area is 140 Å². The predicted octanol–water partition coefficient (Wildman–Crippen LogP) is 5.45. The number of alkyl halides is 5.